The van der Waals surface area contributed by atoms with Crippen LogP contribution >= 0.6 is 11.8 Å². The average molecular weight is 196 g/mol. The van der Waals surface area contributed by atoms with Crippen molar-refractivity contribution in [3.05, 3.63) is 0 Å². The summed E-state index contributed by atoms with van der Waals surface area (Å²) in [4.78, 5) is 0. The van der Waals surface area contributed by atoms with Gasteiger partial charge in [0.15, 0.2) is 0 Å². The van der Waals surface area contributed by atoms with Crippen molar-refractivity contribution in [2.24, 2.45) is 0 Å². The van der Waals surface area contributed by atoms with E-state index in [1.54, 1.807) is 0 Å². The van der Waals surface area contributed by atoms with Gasteiger partial charge in [-0.15, -0.1) is 0 Å². The molecule has 1 unspecified atom stereocenters. The Kier molecular flexibility index (Phi) is 9.43. The number of hydrogen-bond donors (Lipinski definition) is 3. The first-order valence-electron chi connectivity index (χ1n) is 3.86. The van der Waals surface area contributed by atoms with Crippen LogP contribution in [0.5, 0.6) is 0 Å². The van der Waals surface area contributed by atoms with Crippen LogP contribution in [0.25, 0.3) is 0 Å². The standard InChI is InChI=1S/C7H16O4S/c8-1-2-11-3-4-12-6-7(10)5-9/h7-10H,1-6H2. The molecule has 0 amide bonds. The highest BCUT2D eigenvalue weighted by Gasteiger charge is 2.00. The Morgan fingerprint density at radius 1 is 1.25 bits per heavy atom. The minimum atomic E-state index is -0.632. The summed E-state index contributed by atoms with van der Waals surface area (Å²) in [5, 5.41) is 25.7. The maximum atomic E-state index is 8.91. The molecule has 0 aromatic rings. The summed E-state index contributed by atoms with van der Waals surface area (Å²) < 4.78 is 4.98. The topological polar surface area (TPSA) is 69.9 Å². The average Bonchev–Trinajstić information content (AvgIpc) is 2.10. The van der Waals surface area contributed by atoms with Crippen LogP contribution in [0, 0.1) is 0 Å². The third-order valence-electron chi connectivity index (χ3n) is 1.13. The van der Waals surface area contributed by atoms with E-state index in [-0.39, 0.29) is 13.2 Å². The molecule has 0 saturated carbocycles. The molecule has 74 valence electrons. The van der Waals surface area contributed by atoms with Crippen LogP contribution in [0.3, 0.4) is 0 Å². The molecular weight excluding hydrogens is 180 g/mol. The number of ether oxygens (including phenoxy) is 1. The van der Waals surface area contributed by atoms with E-state index in [2.05, 4.69) is 0 Å². The van der Waals surface area contributed by atoms with Crippen LogP contribution in [0.1, 0.15) is 0 Å². The second-order valence-electron chi connectivity index (χ2n) is 2.25. The number of aliphatic hydroxyl groups excluding tert-OH is 3. The van der Waals surface area contributed by atoms with E-state index in [4.69, 9.17) is 20.1 Å². The summed E-state index contributed by atoms with van der Waals surface area (Å²) in [6.45, 7) is 0.793. The monoisotopic (exact) mass is 196 g/mol. The van der Waals surface area contributed by atoms with Gasteiger partial charge in [-0.2, -0.15) is 11.8 Å². The predicted molar refractivity (Wildman–Crippen MR) is 48.3 cm³/mol. The summed E-state index contributed by atoms with van der Waals surface area (Å²) in [7, 11) is 0. The van der Waals surface area contributed by atoms with Crippen molar-refractivity contribution in [1.29, 1.82) is 0 Å². The van der Waals surface area contributed by atoms with Gasteiger partial charge >= 0.3 is 0 Å². The van der Waals surface area contributed by atoms with E-state index in [9.17, 15) is 0 Å². The Morgan fingerprint density at radius 3 is 2.58 bits per heavy atom. The minimum absolute atomic E-state index is 0.0456. The van der Waals surface area contributed by atoms with Gasteiger partial charge in [-0.25, -0.2) is 0 Å². The minimum Gasteiger partial charge on any atom is -0.394 e. The van der Waals surface area contributed by atoms with Crippen molar-refractivity contribution in [3.63, 3.8) is 0 Å². The van der Waals surface area contributed by atoms with Crippen LogP contribution in [-0.4, -0.2) is 59.4 Å². The fraction of sp³-hybridized carbons (Fsp3) is 1.00. The molecule has 4 nitrogen and oxygen atoms in total. The molecule has 0 heterocycles. The first kappa shape index (κ1) is 12.2. The summed E-state index contributed by atoms with van der Waals surface area (Å²) in [5.41, 5.74) is 0. The molecule has 0 radical (unpaired) electrons. The maximum Gasteiger partial charge on any atom is 0.0861 e. The highest BCUT2D eigenvalue weighted by atomic mass is 32.2. The van der Waals surface area contributed by atoms with E-state index < -0.39 is 6.10 Å². The second-order valence-corrected chi connectivity index (χ2v) is 3.40. The summed E-state index contributed by atoms with van der Waals surface area (Å²) in [6, 6.07) is 0. The lowest BCUT2D eigenvalue weighted by Gasteiger charge is -2.06. The lowest BCUT2D eigenvalue weighted by molar-refractivity contribution is 0.103. The Balaban J connectivity index is 2.90. The molecule has 0 fully saturated rings. The zero-order valence-corrected chi connectivity index (χ0v) is 7.79. The third kappa shape index (κ3) is 8.29. The molecule has 12 heavy (non-hydrogen) atoms. The van der Waals surface area contributed by atoms with Crippen LogP contribution in [0.4, 0.5) is 0 Å². The van der Waals surface area contributed by atoms with E-state index in [1.807, 2.05) is 0 Å². The van der Waals surface area contributed by atoms with E-state index in [0.717, 1.165) is 5.75 Å². The van der Waals surface area contributed by atoms with Gasteiger partial charge in [0.2, 0.25) is 0 Å². The molecule has 0 saturated heterocycles. The quantitative estimate of drug-likeness (QED) is 0.438. The molecule has 3 N–H and O–H groups in total. The van der Waals surface area contributed by atoms with Gasteiger partial charge in [0.1, 0.15) is 0 Å². The molecular formula is C7H16O4S. The first-order valence-corrected chi connectivity index (χ1v) is 5.02. The molecule has 0 aliphatic carbocycles. The molecule has 0 spiro atoms. The van der Waals surface area contributed by atoms with Crippen molar-refractivity contribution in [3.8, 4) is 0 Å². The normalized spacial score (nSPS) is 13.2. The molecule has 1 atom stereocenters. The van der Waals surface area contributed by atoms with E-state index >= 15 is 0 Å². The van der Waals surface area contributed by atoms with Gasteiger partial charge in [-0.05, 0) is 0 Å². The SMILES string of the molecule is OCCOCCSCC(O)CO. The number of hydrogen-bond acceptors (Lipinski definition) is 5. The Bertz CT molecular complexity index is 91.5. The molecule has 0 aliphatic rings. The number of aliphatic hydroxyl groups is 3. The van der Waals surface area contributed by atoms with Crippen LogP contribution in [0.2, 0.25) is 0 Å². The Labute approximate surface area is 76.5 Å². The summed E-state index contributed by atoms with van der Waals surface area (Å²) in [6.07, 6.45) is -0.632. The maximum absolute atomic E-state index is 8.91. The summed E-state index contributed by atoms with van der Waals surface area (Å²) in [5.74, 6) is 1.30. The molecule has 0 aromatic carbocycles. The van der Waals surface area contributed by atoms with E-state index in [0.29, 0.717) is 19.0 Å². The molecule has 0 aromatic heterocycles. The fourth-order valence-electron chi connectivity index (χ4n) is 0.557. The van der Waals surface area contributed by atoms with Crippen LogP contribution < -0.4 is 0 Å². The van der Waals surface area contributed by atoms with Gasteiger partial charge in [-0.1, -0.05) is 0 Å². The highest BCUT2D eigenvalue weighted by Crippen LogP contribution is 2.01. The number of thioether (sulfide) groups is 1. The molecule has 5 heteroatoms. The molecule has 0 aliphatic heterocycles. The third-order valence-corrected chi connectivity index (χ3v) is 2.20. The highest BCUT2D eigenvalue weighted by molar-refractivity contribution is 7.99. The Hall–Kier alpha value is 0.190. The largest absolute Gasteiger partial charge is 0.394 e. The van der Waals surface area contributed by atoms with Crippen molar-refractivity contribution in [1.82, 2.24) is 0 Å². The predicted octanol–water partition coefficient (Wildman–Crippen LogP) is -0.918. The second kappa shape index (κ2) is 9.28. The van der Waals surface area contributed by atoms with Gasteiger partial charge in [0, 0.05) is 11.5 Å². The first-order chi connectivity index (χ1) is 5.81. The fourth-order valence-corrected chi connectivity index (χ4v) is 1.34. The zero-order chi connectivity index (χ0) is 9.23. The smallest absolute Gasteiger partial charge is 0.0861 e. The molecule has 0 rings (SSSR count). The lowest BCUT2D eigenvalue weighted by atomic mass is 10.4. The zero-order valence-electron chi connectivity index (χ0n) is 6.98. The van der Waals surface area contributed by atoms with Crippen molar-refractivity contribution in [2.75, 3.05) is 37.9 Å². The lowest BCUT2D eigenvalue weighted by Crippen LogP contribution is -2.15. The van der Waals surface area contributed by atoms with Crippen molar-refractivity contribution < 1.29 is 20.1 Å². The van der Waals surface area contributed by atoms with Crippen LogP contribution in [-0.2, 0) is 4.74 Å². The van der Waals surface area contributed by atoms with Gasteiger partial charge in [0.05, 0.1) is 32.5 Å². The van der Waals surface area contributed by atoms with Crippen molar-refractivity contribution in [2.45, 2.75) is 6.10 Å². The van der Waals surface area contributed by atoms with Gasteiger partial charge in [-0.3, -0.25) is 0 Å². The number of rotatable bonds is 8. The van der Waals surface area contributed by atoms with Crippen molar-refractivity contribution >= 4 is 11.8 Å². The van der Waals surface area contributed by atoms with Gasteiger partial charge < -0.3 is 20.1 Å². The van der Waals surface area contributed by atoms with Crippen LogP contribution in [0.15, 0.2) is 0 Å². The molecule has 0 bridgehead atoms. The van der Waals surface area contributed by atoms with E-state index in [1.165, 1.54) is 11.8 Å². The van der Waals surface area contributed by atoms with Gasteiger partial charge in [0.25, 0.3) is 0 Å². The summed E-state index contributed by atoms with van der Waals surface area (Å²) >= 11 is 1.52. The Morgan fingerprint density at radius 2 is 2.00 bits per heavy atom.